The Morgan fingerprint density at radius 1 is 0.703 bits per heavy atom. The molecule has 330 valence electrons. The Kier molecular flexibility index (Phi) is 17.9. The third-order valence-corrected chi connectivity index (χ3v) is 9.30. The lowest BCUT2D eigenvalue weighted by Crippen LogP contribution is -2.31. The molecule has 0 fully saturated rings. The van der Waals surface area contributed by atoms with Gasteiger partial charge in [-0.1, -0.05) is 49.3 Å². The fourth-order valence-electron chi connectivity index (χ4n) is 5.20. The molecular formula is C46H41N3O14S. The first kappa shape index (κ1) is 46.9. The molecule has 1 N–H and O–H groups in total. The van der Waals surface area contributed by atoms with Gasteiger partial charge in [-0.05, 0) is 78.4 Å². The van der Waals surface area contributed by atoms with E-state index < -0.39 is 41.9 Å². The molecular weight excluding hydrogens is 851 g/mol. The van der Waals surface area contributed by atoms with Crippen LogP contribution >= 0.6 is 11.3 Å². The molecule has 0 amide bonds. The van der Waals surface area contributed by atoms with Crippen LogP contribution in [-0.4, -0.2) is 86.3 Å². The number of carbonyl (C=O) groups is 6. The van der Waals surface area contributed by atoms with Crippen molar-refractivity contribution in [2.45, 2.75) is 18.9 Å². The number of nitrogens with one attached hydrogen (secondary N) is 1. The zero-order valence-electron chi connectivity index (χ0n) is 34.1. The average molecular weight is 892 g/mol. The quantitative estimate of drug-likeness (QED) is 0.0132. The van der Waals surface area contributed by atoms with Gasteiger partial charge in [-0.2, -0.15) is 5.10 Å². The molecule has 0 radical (unpaired) electrons. The Labute approximate surface area is 370 Å². The molecule has 5 aromatic rings. The Bertz CT molecular complexity index is 2470. The highest BCUT2D eigenvalue weighted by atomic mass is 32.1. The van der Waals surface area contributed by atoms with Crippen LogP contribution in [0.1, 0.15) is 38.3 Å². The fourth-order valence-corrected chi connectivity index (χ4v) is 6.01. The van der Waals surface area contributed by atoms with Crippen LogP contribution in [0, 0.1) is 0 Å². The number of hydrazone groups is 1. The van der Waals surface area contributed by atoms with E-state index in [0.29, 0.717) is 28.6 Å². The molecule has 0 saturated heterocycles. The van der Waals surface area contributed by atoms with Gasteiger partial charge in [-0.25, -0.2) is 29.0 Å². The summed E-state index contributed by atoms with van der Waals surface area (Å²) < 4.78 is 43.3. The fraction of sp³-hybridized carbons (Fsp3) is 0.174. The molecule has 1 aromatic heterocycles. The standard InChI is InChI=1S/C46H41N3O14S/c1-4-40(50)56-24-22-43(53)62-36(28-59-41(51)5-2)27-58-34-16-14-32(15-17-34)45(55)63-38-20-11-30(25-33(38)26-47-49-46-48-37-9-7-8-10-39(37)64-46)21-23-57-44(54)31-12-18-35(19-13-31)60-29-61-42(52)6-3/h4-20,25-26,36H,1-3,21-24,27-29H2,(H,48,49)/b47-26+. The number of anilines is 1. The van der Waals surface area contributed by atoms with E-state index in [9.17, 15) is 28.8 Å². The van der Waals surface area contributed by atoms with E-state index in [4.69, 9.17) is 37.9 Å². The highest BCUT2D eigenvalue weighted by Crippen LogP contribution is 2.26. The number of para-hydroxylation sites is 1. The summed E-state index contributed by atoms with van der Waals surface area (Å²) in [7, 11) is 0. The van der Waals surface area contributed by atoms with Crippen LogP contribution in [0.15, 0.2) is 134 Å². The van der Waals surface area contributed by atoms with Crippen molar-refractivity contribution >= 4 is 68.7 Å². The van der Waals surface area contributed by atoms with E-state index in [1.807, 2.05) is 24.3 Å². The number of benzene rings is 4. The zero-order chi connectivity index (χ0) is 45.7. The van der Waals surface area contributed by atoms with Gasteiger partial charge in [0.25, 0.3) is 0 Å². The Morgan fingerprint density at radius 2 is 1.36 bits per heavy atom. The molecule has 17 nitrogen and oxygen atoms in total. The maximum Gasteiger partial charge on any atom is 0.343 e. The SMILES string of the molecule is C=CC(=O)OCCC(=O)OC(COC(=O)C=C)COc1ccc(C(=O)Oc2ccc(CCOC(=O)c3ccc(OCOC(=O)C=C)cc3)cc2/C=N/Nc2nc3ccccc3s2)cc1. The van der Waals surface area contributed by atoms with Gasteiger partial charge in [0, 0.05) is 30.2 Å². The van der Waals surface area contributed by atoms with E-state index in [1.54, 1.807) is 18.2 Å². The van der Waals surface area contributed by atoms with Crippen LogP contribution in [-0.2, 0) is 49.3 Å². The van der Waals surface area contributed by atoms with E-state index >= 15 is 0 Å². The molecule has 4 aromatic carbocycles. The maximum atomic E-state index is 13.4. The predicted octanol–water partition coefficient (Wildman–Crippen LogP) is 6.57. The molecule has 0 aliphatic carbocycles. The smallest absolute Gasteiger partial charge is 0.343 e. The molecule has 1 unspecified atom stereocenters. The van der Waals surface area contributed by atoms with Crippen molar-refractivity contribution < 1.29 is 66.7 Å². The second-order valence-electron chi connectivity index (χ2n) is 12.9. The molecule has 1 heterocycles. The van der Waals surface area contributed by atoms with Crippen molar-refractivity contribution in [3.05, 3.63) is 151 Å². The van der Waals surface area contributed by atoms with E-state index in [-0.39, 0.29) is 56.5 Å². The van der Waals surface area contributed by atoms with Gasteiger partial charge in [0.1, 0.15) is 37.1 Å². The van der Waals surface area contributed by atoms with E-state index in [1.165, 1.54) is 66.1 Å². The maximum absolute atomic E-state index is 13.4. The van der Waals surface area contributed by atoms with Crippen molar-refractivity contribution in [1.82, 2.24) is 4.98 Å². The lowest BCUT2D eigenvalue weighted by Gasteiger charge is -2.18. The number of esters is 6. The summed E-state index contributed by atoms with van der Waals surface area (Å²) in [5, 5.41) is 4.89. The van der Waals surface area contributed by atoms with E-state index in [0.717, 1.165) is 34.0 Å². The predicted molar refractivity (Wildman–Crippen MR) is 233 cm³/mol. The molecule has 1 atom stereocenters. The van der Waals surface area contributed by atoms with Crippen molar-refractivity contribution in [2.24, 2.45) is 5.10 Å². The second kappa shape index (κ2) is 24.4. The van der Waals surface area contributed by atoms with Gasteiger partial charge in [-0.3, -0.25) is 10.2 Å². The number of aromatic nitrogens is 1. The third kappa shape index (κ3) is 15.1. The minimum Gasteiger partial charge on any atom is -0.490 e. The molecule has 0 bridgehead atoms. The van der Waals surface area contributed by atoms with Gasteiger partial charge >= 0.3 is 35.8 Å². The van der Waals surface area contributed by atoms with Gasteiger partial charge in [0.05, 0.1) is 40.6 Å². The van der Waals surface area contributed by atoms with Crippen LogP contribution in [0.3, 0.4) is 0 Å². The largest absolute Gasteiger partial charge is 0.490 e. The summed E-state index contributed by atoms with van der Waals surface area (Å²) in [6.45, 7) is 8.83. The summed E-state index contributed by atoms with van der Waals surface area (Å²) in [5.41, 5.74) is 5.35. The Balaban J connectivity index is 1.21. The number of ether oxygens (including phenoxy) is 8. The topological polar surface area (TPSA) is 214 Å². The van der Waals surface area contributed by atoms with E-state index in [2.05, 4.69) is 35.2 Å². The number of thiazole rings is 1. The molecule has 64 heavy (non-hydrogen) atoms. The summed E-state index contributed by atoms with van der Waals surface area (Å²) in [6.07, 6.45) is 3.43. The first-order valence-corrected chi connectivity index (χ1v) is 20.0. The number of nitrogens with zero attached hydrogens (tertiary/aromatic N) is 2. The second-order valence-corrected chi connectivity index (χ2v) is 13.9. The molecule has 5 rings (SSSR count). The Morgan fingerprint density at radius 3 is 2.06 bits per heavy atom. The van der Waals surface area contributed by atoms with Gasteiger partial charge < -0.3 is 37.9 Å². The highest BCUT2D eigenvalue weighted by molar-refractivity contribution is 7.22. The first-order chi connectivity index (χ1) is 31.0. The monoisotopic (exact) mass is 891 g/mol. The van der Waals surface area contributed by atoms with Crippen molar-refractivity contribution in [3.63, 3.8) is 0 Å². The van der Waals surface area contributed by atoms with Crippen molar-refractivity contribution in [1.29, 1.82) is 0 Å². The van der Waals surface area contributed by atoms with Crippen molar-refractivity contribution in [3.8, 4) is 17.2 Å². The highest BCUT2D eigenvalue weighted by Gasteiger charge is 2.19. The lowest BCUT2D eigenvalue weighted by atomic mass is 10.1. The number of hydrogen-bond donors (Lipinski definition) is 1. The van der Waals surface area contributed by atoms with Crippen LogP contribution in [0.25, 0.3) is 10.2 Å². The number of carbonyl (C=O) groups excluding carboxylic acids is 6. The summed E-state index contributed by atoms with van der Waals surface area (Å²) in [5.74, 6) is -3.21. The minimum absolute atomic E-state index is 0.0268. The normalized spacial score (nSPS) is 11.1. The average Bonchev–Trinajstić information content (AvgIpc) is 3.73. The van der Waals surface area contributed by atoms with Gasteiger partial charge in [0.15, 0.2) is 6.10 Å². The van der Waals surface area contributed by atoms with Crippen molar-refractivity contribution in [2.75, 3.05) is 38.6 Å². The van der Waals surface area contributed by atoms with Crippen LogP contribution in [0.4, 0.5) is 5.13 Å². The van der Waals surface area contributed by atoms with Crippen LogP contribution in [0.5, 0.6) is 17.2 Å². The summed E-state index contributed by atoms with van der Waals surface area (Å²) >= 11 is 1.41. The summed E-state index contributed by atoms with van der Waals surface area (Å²) in [4.78, 5) is 77.1. The first-order valence-electron chi connectivity index (χ1n) is 19.2. The number of rotatable bonds is 24. The van der Waals surface area contributed by atoms with Crippen LogP contribution in [0.2, 0.25) is 0 Å². The molecule has 18 heteroatoms. The summed E-state index contributed by atoms with van der Waals surface area (Å²) in [6, 6.07) is 24.7. The van der Waals surface area contributed by atoms with Gasteiger partial charge in [0.2, 0.25) is 11.9 Å². The third-order valence-electron chi connectivity index (χ3n) is 8.36. The zero-order valence-corrected chi connectivity index (χ0v) is 35.0. The number of fused-ring (bicyclic) bond motifs is 1. The molecule has 0 saturated carbocycles. The van der Waals surface area contributed by atoms with Crippen LogP contribution < -0.4 is 19.6 Å². The molecule has 0 aliphatic rings. The Hall–Kier alpha value is -8.12. The lowest BCUT2D eigenvalue weighted by molar-refractivity contribution is -0.160. The minimum atomic E-state index is -1.03. The molecule has 0 spiro atoms. The van der Waals surface area contributed by atoms with Gasteiger partial charge in [-0.15, -0.1) is 0 Å². The number of hydrogen-bond acceptors (Lipinski definition) is 18. The molecule has 0 aliphatic heterocycles.